The Morgan fingerprint density at radius 2 is 0.947 bits per heavy atom. The van der Waals surface area contributed by atoms with Gasteiger partial charge in [-0.15, -0.1) is 0 Å². The monoisotopic (exact) mass is 280 g/mol. The van der Waals surface area contributed by atoms with Gasteiger partial charge in [0.25, 0.3) is 5.97 Å². The standard InChI is InChI=1S/C13H28O6/c1-9(2)13(17-6-10(3)14,18-7-11(4)15)19-8-12(5)16/h9-12,14-16H,6-8H2,1-5H3. The summed E-state index contributed by atoms with van der Waals surface area (Å²) >= 11 is 0. The minimum atomic E-state index is -1.38. The summed E-state index contributed by atoms with van der Waals surface area (Å²) in [5.41, 5.74) is 0. The van der Waals surface area contributed by atoms with Gasteiger partial charge in [0, 0.05) is 5.92 Å². The Morgan fingerprint density at radius 1 is 0.684 bits per heavy atom. The molecule has 0 saturated carbocycles. The van der Waals surface area contributed by atoms with E-state index in [1.807, 2.05) is 13.8 Å². The molecular formula is C13H28O6. The molecule has 0 aliphatic heterocycles. The SMILES string of the molecule is CC(O)COC(OCC(C)O)(OCC(C)O)C(C)C. The van der Waals surface area contributed by atoms with Crippen LogP contribution in [-0.4, -0.2) is 59.4 Å². The highest BCUT2D eigenvalue weighted by Gasteiger charge is 2.39. The van der Waals surface area contributed by atoms with Crippen molar-refractivity contribution in [1.29, 1.82) is 0 Å². The fourth-order valence-electron chi connectivity index (χ4n) is 1.34. The number of hydrogen-bond acceptors (Lipinski definition) is 6. The van der Waals surface area contributed by atoms with Gasteiger partial charge in [-0.1, -0.05) is 13.8 Å². The predicted octanol–water partition coefficient (Wildman–Crippen LogP) is 0.488. The average molecular weight is 280 g/mol. The van der Waals surface area contributed by atoms with Crippen LogP contribution in [0, 0.1) is 5.92 Å². The minimum Gasteiger partial charge on any atom is -0.391 e. The fraction of sp³-hybridized carbons (Fsp3) is 1.00. The van der Waals surface area contributed by atoms with E-state index in [0.717, 1.165) is 0 Å². The van der Waals surface area contributed by atoms with E-state index in [1.165, 1.54) is 0 Å². The van der Waals surface area contributed by atoms with E-state index in [9.17, 15) is 15.3 Å². The second-order valence-electron chi connectivity index (χ2n) is 5.24. The van der Waals surface area contributed by atoms with Crippen molar-refractivity contribution in [3.63, 3.8) is 0 Å². The minimum absolute atomic E-state index is 0.0395. The third-order valence-corrected chi connectivity index (χ3v) is 2.28. The van der Waals surface area contributed by atoms with Crippen LogP contribution in [0.15, 0.2) is 0 Å². The number of aliphatic hydroxyl groups excluding tert-OH is 3. The summed E-state index contributed by atoms with van der Waals surface area (Å²) in [6.45, 7) is 8.57. The quantitative estimate of drug-likeness (QED) is 0.505. The maximum atomic E-state index is 9.32. The van der Waals surface area contributed by atoms with E-state index in [-0.39, 0.29) is 25.7 Å². The first kappa shape index (κ1) is 18.8. The summed E-state index contributed by atoms with van der Waals surface area (Å²) in [5, 5.41) is 28.0. The Bertz CT molecular complexity index is 196. The Balaban J connectivity index is 4.77. The Morgan fingerprint density at radius 3 is 1.11 bits per heavy atom. The molecule has 3 atom stereocenters. The van der Waals surface area contributed by atoms with Crippen LogP contribution in [0.2, 0.25) is 0 Å². The first-order chi connectivity index (χ1) is 8.69. The zero-order chi connectivity index (χ0) is 15.1. The molecule has 0 rings (SSSR count). The van der Waals surface area contributed by atoms with Crippen LogP contribution in [0.1, 0.15) is 34.6 Å². The third kappa shape index (κ3) is 7.81. The summed E-state index contributed by atoms with van der Waals surface area (Å²) in [4.78, 5) is 0. The van der Waals surface area contributed by atoms with Crippen LogP contribution in [0.4, 0.5) is 0 Å². The molecule has 19 heavy (non-hydrogen) atoms. The zero-order valence-electron chi connectivity index (χ0n) is 12.5. The molecule has 3 N–H and O–H groups in total. The van der Waals surface area contributed by atoms with Crippen LogP contribution >= 0.6 is 0 Å². The lowest BCUT2D eigenvalue weighted by atomic mass is 10.1. The summed E-state index contributed by atoms with van der Waals surface area (Å²) < 4.78 is 16.6. The van der Waals surface area contributed by atoms with Gasteiger partial charge in [0.1, 0.15) is 0 Å². The van der Waals surface area contributed by atoms with Crippen molar-refractivity contribution >= 4 is 0 Å². The highest BCUT2D eigenvalue weighted by Crippen LogP contribution is 2.26. The van der Waals surface area contributed by atoms with Crippen molar-refractivity contribution in [1.82, 2.24) is 0 Å². The summed E-state index contributed by atoms with van der Waals surface area (Å²) in [6.07, 6.45) is -1.99. The van der Waals surface area contributed by atoms with Crippen molar-refractivity contribution in [2.45, 2.75) is 58.9 Å². The molecule has 0 bridgehead atoms. The fourth-order valence-corrected chi connectivity index (χ4v) is 1.34. The third-order valence-electron chi connectivity index (χ3n) is 2.28. The molecule has 6 nitrogen and oxygen atoms in total. The lowest BCUT2D eigenvalue weighted by molar-refractivity contribution is -0.410. The molecule has 0 radical (unpaired) electrons. The van der Waals surface area contributed by atoms with Crippen LogP contribution in [0.25, 0.3) is 0 Å². The number of ether oxygens (including phenoxy) is 3. The topological polar surface area (TPSA) is 88.4 Å². The number of hydrogen-bond donors (Lipinski definition) is 3. The second kappa shape index (κ2) is 8.84. The van der Waals surface area contributed by atoms with Gasteiger partial charge in [-0.05, 0) is 20.8 Å². The van der Waals surface area contributed by atoms with Crippen LogP contribution in [0.3, 0.4) is 0 Å². The van der Waals surface area contributed by atoms with Gasteiger partial charge in [0.15, 0.2) is 0 Å². The van der Waals surface area contributed by atoms with Crippen LogP contribution in [-0.2, 0) is 14.2 Å². The van der Waals surface area contributed by atoms with Gasteiger partial charge in [-0.2, -0.15) is 0 Å². The molecule has 0 amide bonds. The lowest BCUT2D eigenvalue weighted by Crippen LogP contribution is -2.48. The van der Waals surface area contributed by atoms with Gasteiger partial charge >= 0.3 is 0 Å². The maximum absolute atomic E-state index is 9.32. The molecule has 0 saturated heterocycles. The first-order valence-corrected chi connectivity index (χ1v) is 6.65. The Kier molecular flexibility index (Phi) is 8.73. The molecule has 0 aromatic carbocycles. The molecule has 6 heteroatoms. The van der Waals surface area contributed by atoms with Gasteiger partial charge in [0.2, 0.25) is 0 Å². The van der Waals surface area contributed by atoms with Gasteiger partial charge < -0.3 is 29.5 Å². The normalized spacial score (nSPS) is 20.1. The first-order valence-electron chi connectivity index (χ1n) is 6.65. The van der Waals surface area contributed by atoms with E-state index in [0.29, 0.717) is 0 Å². The molecule has 0 aromatic heterocycles. The van der Waals surface area contributed by atoms with Crippen LogP contribution in [0.5, 0.6) is 0 Å². The van der Waals surface area contributed by atoms with Crippen molar-refractivity contribution in [2.75, 3.05) is 19.8 Å². The zero-order valence-corrected chi connectivity index (χ0v) is 12.5. The predicted molar refractivity (Wildman–Crippen MR) is 70.5 cm³/mol. The molecule has 0 heterocycles. The summed E-state index contributed by atoms with van der Waals surface area (Å²) in [6, 6.07) is 0. The van der Waals surface area contributed by atoms with E-state index in [2.05, 4.69) is 0 Å². The average Bonchev–Trinajstić information content (AvgIpc) is 2.27. The van der Waals surface area contributed by atoms with Crippen molar-refractivity contribution < 1.29 is 29.5 Å². The van der Waals surface area contributed by atoms with Gasteiger partial charge in [0.05, 0.1) is 38.1 Å². The molecule has 0 fully saturated rings. The summed E-state index contributed by atoms with van der Waals surface area (Å²) in [5.74, 6) is -1.56. The van der Waals surface area contributed by atoms with Crippen molar-refractivity contribution in [2.24, 2.45) is 5.92 Å². The number of aliphatic hydroxyl groups is 3. The molecule has 0 aliphatic carbocycles. The van der Waals surface area contributed by atoms with Gasteiger partial charge in [-0.3, -0.25) is 0 Å². The molecular weight excluding hydrogens is 252 g/mol. The molecule has 3 unspecified atom stereocenters. The van der Waals surface area contributed by atoms with E-state index in [1.54, 1.807) is 20.8 Å². The highest BCUT2D eigenvalue weighted by molar-refractivity contribution is 4.66. The van der Waals surface area contributed by atoms with E-state index in [4.69, 9.17) is 14.2 Å². The van der Waals surface area contributed by atoms with E-state index < -0.39 is 24.3 Å². The molecule has 0 aliphatic rings. The largest absolute Gasteiger partial charge is 0.391 e. The smallest absolute Gasteiger partial charge is 0.285 e. The number of rotatable bonds is 10. The van der Waals surface area contributed by atoms with Crippen molar-refractivity contribution in [3.05, 3.63) is 0 Å². The Labute approximate surface area is 115 Å². The van der Waals surface area contributed by atoms with Crippen LogP contribution < -0.4 is 0 Å². The van der Waals surface area contributed by atoms with Gasteiger partial charge in [-0.25, -0.2) is 0 Å². The Hall–Kier alpha value is -0.240. The highest BCUT2D eigenvalue weighted by atomic mass is 16.9. The molecule has 116 valence electrons. The summed E-state index contributed by atoms with van der Waals surface area (Å²) in [7, 11) is 0. The van der Waals surface area contributed by atoms with E-state index >= 15 is 0 Å². The lowest BCUT2D eigenvalue weighted by Gasteiger charge is -2.37. The van der Waals surface area contributed by atoms with Crippen molar-refractivity contribution in [3.8, 4) is 0 Å². The molecule has 0 spiro atoms. The maximum Gasteiger partial charge on any atom is 0.285 e. The molecule has 0 aromatic rings. The second-order valence-corrected chi connectivity index (χ2v) is 5.24.